The zero-order valence-electron chi connectivity index (χ0n) is 12.0. The van der Waals surface area contributed by atoms with Gasteiger partial charge in [0.05, 0.1) is 29.0 Å². The number of carbonyl (C=O) groups is 1. The highest BCUT2D eigenvalue weighted by atomic mass is 16.6. The number of hydrogen-bond acceptors (Lipinski definition) is 6. The van der Waals surface area contributed by atoms with Crippen molar-refractivity contribution in [3.63, 3.8) is 0 Å². The topological polar surface area (TPSA) is 107 Å². The molecule has 0 fully saturated rings. The Morgan fingerprint density at radius 3 is 2.91 bits per heavy atom. The molecule has 8 nitrogen and oxygen atoms in total. The third-order valence-corrected chi connectivity index (χ3v) is 3.39. The molecule has 1 aliphatic heterocycles. The van der Waals surface area contributed by atoms with Gasteiger partial charge in [0.2, 0.25) is 6.10 Å². The van der Waals surface area contributed by atoms with Crippen molar-refractivity contribution in [2.45, 2.75) is 19.1 Å². The number of para-hydroxylation sites is 1. The lowest BCUT2D eigenvalue weighted by molar-refractivity contribution is -0.385. The predicted octanol–water partition coefficient (Wildman–Crippen LogP) is 2.00. The van der Waals surface area contributed by atoms with E-state index in [1.54, 1.807) is 30.3 Å². The van der Waals surface area contributed by atoms with Gasteiger partial charge in [-0.05, 0) is 18.2 Å². The van der Waals surface area contributed by atoms with Crippen molar-refractivity contribution in [2.75, 3.05) is 0 Å². The van der Waals surface area contributed by atoms with Gasteiger partial charge >= 0.3 is 0 Å². The summed E-state index contributed by atoms with van der Waals surface area (Å²) in [5.41, 5.74) is 0.681. The SMILES string of the molecule is O=C(NCc1ccco1)[C@H]1CC(c2ccccc2[N+](=O)[O-])=NO1. The van der Waals surface area contributed by atoms with E-state index in [4.69, 9.17) is 9.25 Å². The van der Waals surface area contributed by atoms with E-state index in [2.05, 4.69) is 10.5 Å². The van der Waals surface area contributed by atoms with Crippen LogP contribution in [0.15, 0.2) is 52.2 Å². The summed E-state index contributed by atoms with van der Waals surface area (Å²) < 4.78 is 5.12. The lowest BCUT2D eigenvalue weighted by Gasteiger charge is -2.08. The second kappa shape index (κ2) is 6.30. The van der Waals surface area contributed by atoms with Crippen LogP contribution in [0.3, 0.4) is 0 Å². The Hall–Kier alpha value is -3.16. The average molecular weight is 315 g/mol. The summed E-state index contributed by atoms with van der Waals surface area (Å²) in [6.07, 6.45) is 0.887. The van der Waals surface area contributed by atoms with Gasteiger partial charge in [-0.15, -0.1) is 0 Å². The van der Waals surface area contributed by atoms with E-state index in [1.807, 2.05) is 0 Å². The van der Waals surface area contributed by atoms with E-state index in [9.17, 15) is 14.9 Å². The molecule has 23 heavy (non-hydrogen) atoms. The molecule has 1 aliphatic rings. The summed E-state index contributed by atoms with van der Waals surface area (Å²) >= 11 is 0. The fourth-order valence-corrected chi connectivity index (χ4v) is 2.26. The predicted molar refractivity (Wildman–Crippen MR) is 79.7 cm³/mol. The van der Waals surface area contributed by atoms with Crippen LogP contribution >= 0.6 is 0 Å². The third kappa shape index (κ3) is 3.20. The second-order valence-electron chi connectivity index (χ2n) is 4.91. The van der Waals surface area contributed by atoms with Gasteiger partial charge in [-0.25, -0.2) is 0 Å². The Morgan fingerprint density at radius 2 is 2.17 bits per heavy atom. The zero-order chi connectivity index (χ0) is 16.2. The monoisotopic (exact) mass is 315 g/mol. The standard InChI is InChI=1S/C15H13N3O5/c19-15(16-9-10-4-3-7-22-10)14-8-12(17-23-14)11-5-1-2-6-13(11)18(20)21/h1-7,14H,8-9H2,(H,16,19)/t14-/m1/s1. The highest BCUT2D eigenvalue weighted by molar-refractivity contribution is 6.06. The summed E-state index contributed by atoms with van der Waals surface area (Å²) in [7, 11) is 0. The molecule has 1 amide bonds. The minimum atomic E-state index is -0.806. The van der Waals surface area contributed by atoms with Gasteiger partial charge in [-0.3, -0.25) is 14.9 Å². The van der Waals surface area contributed by atoms with Crippen LogP contribution in [-0.2, 0) is 16.2 Å². The maximum absolute atomic E-state index is 12.1. The van der Waals surface area contributed by atoms with E-state index in [1.165, 1.54) is 12.3 Å². The minimum Gasteiger partial charge on any atom is -0.467 e. The van der Waals surface area contributed by atoms with E-state index in [0.29, 0.717) is 17.0 Å². The lowest BCUT2D eigenvalue weighted by atomic mass is 10.0. The van der Waals surface area contributed by atoms with Crippen LogP contribution in [0.2, 0.25) is 0 Å². The number of nitro groups is 1. The molecule has 0 saturated carbocycles. The number of oxime groups is 1. The van der Waals surface area contributed by atoms with Gasteiger partial charge in [0.15, 0.2) is 0 Å². The molecular formula is C15H13N3O5. The Kier molecular flexibility index (Phi) is 4.05. The molecule has 0 unspecified atom stereocenters. The fourth-order valence-electron chi connectivity index (χ4n) is 2.26. The van der Waals surface area contributed by atoms with E-state index in [0.717, 1.165) is 0 Å². The quantitative estimate of drug-likeness (QED) is 0.670. The molecule has 1 N–H and O–H groups in total. The van der Waals surface area contributed by atoms with Crippen molar-refractivity contribution < 1.29 is 19.0 Å². The second-order valence-corrected chi connectivity index (χ2v) is 4.91. The van der Waals surface area contributed by atoms with Crippen molar-refractivity contribution in [2.24, 2.45) is 5.16 Å². The van der Waals surface area contributed by atoms with E-state index < -0.39 is 11.0 Å². The molecule has 118 valence electrons. The number of nitrogens with zero attached hydrogens (tertiary/aromatic N) is 2. The van der Waals surface area contributed by atoms with Gasteiger partial charge in [-0.1, -0.05) is 17.3 Å². The molecule has 1 aromatic carbocycles. The Labute approximate surface area is 130 Å². The van der Waals surface area contributed by atoms with Gasteiger partial charge in [0, 0.05) is 12.5 Å². The van der Waals surface area contributed by atoms with Gasteiger partial charge in [-0.2, -0.15) is 0 Å². The molecule has 1 aromatic heterocycles. The molecule has 1 atom stereocenters. The average Bonchev–Trinajstić information content (AvgIpc) is 3.24. The molecule has 2 aromatic rings. The molecule has 8 heteroatoms. The molecule has 0 radical (unpaired) electrons. The summed E-state index contributed by atoms with van der Waals surface area (Å²) in [4.78, 5) is 27.7. The highest BCUT2D eigenvalue weighted by Gasteiger charge is 2.31. The summed E-state index contributed by atoms with van der Waals surface area (Å²) in [6.45, 7) is 0.243. The van der Waals surface area contributed by atoms with Crippen molar-refractivity contribution >= 4 is 17.3 Å². The zero-order valence-corrected chi connectivity index (χ0v) is 12.0. The van der Waals surface area contributed by atoms with Crippen LogP contribution in [0.4, 0.5) is 5.69 Å². The highest BCUT2D eigenvalue weighted by Crippen LogP contribution is 2.24. The maximum Gasteiger partial charge on any atom is 0.278 e. The normalized spacial score (nSPS) is 16.5. The van der Waals surface area contributed by atoms with Gasteiger partial charge in [0.25, 0.3) is 11.6 Å². The number of amides is 1. The smallest absolute Gasteiger partial charge is 0.278 e. The number of nitro benzene ring substituents is 1. The lowest BCUT2D eigenvalue weighted by Crippen LogP contribution is -2.34. The molecular weight excluding hydrogens is 302 g/mol. The summed E-state index contributed by atoms with van der Waals surface area (Å²) in [5, 5.41) is 17.5. The molecule has 3 rings (SSSR count). The Morgan fingerprint density at radius 1 is 1.35 bits per heavy atom. The molecule has 0 bridgehead atoms. The largest absolute Gasteiger partial charge is 0.467 e. The van der Waals surface area contributed by atoms with Crippen LogP contribution in [0.1, 0.15) is 17.7 Å². The first-order chi connectivity index (χ1) is 11.1. The first-order valence-electron chi connectivity index (χ1n) is 6.91. The number of benzene rings is 1. The van der Waals surface area contributed by atoms with Crippen LogP contribution in [0.5, 0.6) is 0 Å². The number of carbonyl (C=O) groups excluding carboxylic acids is 1. The number of hydrogen-bond donors (Lipinski definition) is 1. The van der Waals surface area contributed by atoms with Gasteiger partial charge in [0.1, 0.15) is 5.76 Å². The van der Waals surface area contributed by atoms with Crippen molar-refractivity contribution in [1.29, 1.82) is 0 Å². The third-order valence-electron chi connectivity index (χ3n) is 3.39. The van der Waals surface area contributed by atoms with Crippen molar-refractivity contribution in [1.82, 2.24) is 5.32 Å². The van der Waals surface area contributed by atoms with Crippen LogP contribution in [0, 0.1) is 10.1 Å². The first-order valence-corrected chi connectivity index (χ1v) is 6.91. The molecule has 0 spiro atoms. The molecule has 2 heterocycles. The number of nitrogens with one attached hydrogen (secondary N) is 1. The summed E-state index contributed by atoms with van der Waals surface area (Å²) in [6, 6.07) is 9.70. The Balaban J connectivity index is 1.64. The minimum absolute atomic E-state index is 0.0634. The van der Waals surface area contributed by atoms with Gasteiger partial charge < -0.3 is 14.6 Å². The van der Waals surface area contributed by atoms with Crippen LogP contribution in [0.25, 0.3) is 0 Å². The molecule has 0 aliphatic carbocycles. The molecule has 0 saturated heterocycles. The van der Waals surface area contributed by atoms with Crippen molar-refractivity contribution in [3.05, 3.63) is 64.1 Å². The maximum atomic E-state index is 12.1. The number of furan rings is 1. The van der Waals surface area contributed by atoms with E-state index >= 15 is 0 Å². The van der Waals surface area contributed by atoms with E-state index in [-0.39, 0.29) is 24.6 Å². The van der Waals surface area contributed by atoms with Crippen molar-refractivity contribution in [3.8, 4) is 0 Å². The summed E-state index contributed by atoms with van der Waals surface area (Å²) in [5.74, 6) is 0.273. The fraction of sp³-hybridized carbons (Fsp3) is 0.200. The number of rotatable bonds is 5. The van der Waals surface area contributed by atoms with Crippen LogP contribution < -0.4 is 5.32 Å². The van der Waals surface area contributed by atoms with Crippen LogP contribution in [-0.4, -0.2) is 22.6 Å². The first kappa shape index (κ1) is 14.8. The Bertz CT molecular complexity index is 754.